The summed E-state index contributed by atoms with van der Waals surface area (Å²) in [5.41, 5.74) is 0.241. The van der Waals surface area contributed by atoms with Crippen LogP contribution in [0.1, 0.15) is 12.0 Å². The van der Waals surface area contributed by atoms with Crippen molar-refractivity contribution >= 4 is 15.9 Å². The Labute approximate surface area is 98.4 Å². The monoisotopic (exact) mass is 271 g/mol. The van der Waals surface area contributed by atoms with Crippen LogP contribution in [-0.2, 0) is 6.54 Å². The van der Waals surface area contributed by atoms with Gasteiger partial charge in [0.2, 0.25) is 0 Å². The van der Waals surface area contributed by atoms with Gasteiger partial charge in [0.05, 0.1) is 0 Å². The van der Waals surface area contributed by atoms with Gasteiger partial charge in [-0.1, -0.05) is 46.3 Å². The standard InChI is InChI=1S/C12H15BrFN/c13-9-12(14)6-7-15(10-12)8-11-4-2-1-3-5-11/h1-5H,6-10H2. The maximum Gasteiger partial charge on any atom is 0.134 e. The Morgan fingerprint density at radius 3 is 2.67 bits per heavy atom. The second-order valence-electron chi connectivity index (χ2n) is 4.23. The van der Waals surface area contributed by atoms with Gasteiger partial charge in [0.15, 0.2) is 0 Å². The summed E-state index contributed by atoms with van der Waals surface area (Å²) >= 11 is 3.24. The number of benzene rings is 1. The zero-order chi connectivity index (χ0) is 10.7. The van der Waals surface area contributed by atoms with E-state index in [9.17, 15) is 4.39 Å². The molecular formula is C12H15BrFN. The highest BCUT2D eigenvalue weighted by atomic mass is 79.9. The van der Waals surface area contributed by atoms with E-state index in [-0.39, 0.29) is 0 Å². The maximum atomic E-state index is 13.9. The molecule has 0 amide bonds. The molecule has 1 unspecified atom stereocenters. The second-order valence-corrected chi connectivity index (χ2v) is 4.79. The Kier molecular flexibility index (Phi) is 3.42. The van der Waals surface area contributed by atoms with Crippen LogP contribution in [0.25, 0.3) is 0 Å². The van der Waals surface area contributed by atoms with Crippen LogP contribution in [0.15, 0.2) is 30.3 Å². The largest absolute Gasteiger partial charge is 0.296 e. The van der Waals surface area contributed by atoms with E-state index in [1.54, 1.807) is 0 Å². The Morgan fingerprint density at radius 1 is 1.33 bits per heavy atom. The maximum absolute atomic E-state index is 13.9. The van der Waals surface area contributed by atoms with Crippen LogP contribution in [0, 0.1) is 0 Å². The molecule has 1 nitrogen and oxygen atoms in total. The third kappa shape index (κ3) is 2.79. The first kappa shape index (κ1) is 11.1. The molecule has 0 bridgehead atoms. The third-order valence-electron chi connectivity index (χ3n) is 2.87. The highest BCUT2D eigenvalue weighted by Crippen LogP contribution is 2.28. The fourth-order valence-corrected chi connectivity index (χ4v) is 2.46. The molecule has 1 aromatic rings. The van der Waals surface area contributed by atoms with Crippen LogP contribution in [0.2, 0.25) is 0 Å². The van der Waals surface area contributed by atoms with Crippen molar-refractivity contribution in [3.63, 3.8) is 0 Å². The summed E-state index contributed by atoms with van der Waals surface area (Å²) in [4.78, 5) is 2.18. The summed E-state index contributed by atoms with van der Waals surface area (Å²) in [5.74, 6) is 0. The predicted molar refractivity (Wildman–Crippen MR) is 64.0 cm³/mol. The molecule has 0 radical (unpaired) electrons. The summed E-state index contributed by atoms with van der Waals surface area (Å²) in [6.07, 6.45) is 0.644. The van der Waals surface area contributed by atoms with Crippen molar-refractivity contribution < 1.29 is 4.39 Å². The molecule has 0 saturated carbocycles. The van der Waals surface area contributed by atoms with Gasteiger partial charge in [-0.15, -0.1) is 0 Å². The van der Waals surface area contributed by atoms with Crippen molar-refractivity contribution in [2.24, 2.45) is 0 Å². The summed E-state index contributed by atoms with van der Waals surface area (Å²) in [6.45, 7) is 2.27. The lowest BCUT2D eigenvalue weighted by atomic mass is 10.1. The molecule has 0 aromatic heterocycles. The fraction of sp³-hybridized carbons (Fsp3) is 0.500. The number of hydrogen-bond donors (Lipinski definition) is 0. The van der Waals surface area contributed by atoms with Gasteiger partial charge in [0.1, 0.15) is 5.67 Å². The molecule has 0 spiro atoms. The van der Waals surface area contributed by atoms with E-state index in [2.05, 4.69) is 33.0 Å². The van der Waals surface area contributed by atoms with Crippen LogP contribution in [-0.4, -0.2) is 29.0 Å². The molecule has 82 valence electrons. The van der Waals surface area contributed by atoms with E-state index in [1.807, 2.05) is 18.2 Å². The van der Waals surface area contributed by atoms with E-state index < -0.39 is 5.67 Å². The van der Waals surface area contributed by atoms with Gasteiger partial charge in [-0.05, 0) is 12.0 Å². The molecule has 1 fully saturated rings. The lowest BCUT2D eigenvalue weighted by molar-refractivity contribution is 0.193. The van der Waals surface area contributed by atoms with Gasteiger partial charge in [-0.25, -0.2) is 4.39 Å². The quantitative estimate of drug-likeness (QED) is 0.764. The smallest absolute Gasteiger partial charge is 0.134 e. The van der Waals surface area contributed by atoms with Crippen molar-refractivity contribution in [1.82, 2.24) is 4.90 Å². The molecular weight excluding hydrogens is 257 g/mol. The van der Waals surface area contributed by atoms with Gasteiger partial charge >= 0.3 is 0 Å². The summed E-state index contributed by atoms with van der Waals surface area (Å²) < 4.78 is 13.9. The number of likely N-dealkylation sites (tertiary alicyclic amines) is 1. The van der Waals surface area contributed by atoms with Crippen molar-refractivity contribution in [3.05, 3.63) is 35.9 Å². The van der Waals surface area contributed by atoms with Crippen LogP contribution in [0.3, 0.4) is 0 Å². The Balaban J connectivity index is 1.93. The molecule has 1 atom stereocenters. The highest BCUT2D eigenvalue weighted by molar-refractivity contribution is 9.09. The molecule has 0 N–H and O–H groups in total. The zero-order valence-electron chi connectivity index (χ0n) is 8.63. The SMILES string of the molecule is FC1(CBr)CCN(Cc2ccccc2)C1. The average molecular weight is 272 g/mol. The first-order chi connectivity index (χ1) is 7.22. The minimum Gasteiger partial charge on any atom is -0.296 e. The topological polar surface area (TPSA) is 3.24 Å². The Morgan fingerprint density at radius 2 is 2.07 bits per heavy atom. The van der Waals surface area contributed by atoms with Gasteiger partial charge < -0.3 is 0 Å². The molecule has 0 aliphatic carbocycles. The number of alkyl halides is 2. The molecule has 1 saturated heterocycles. The van der Waals surface area contributed by atoms with E-state index in [4.69, 9.17) is 0 Å². The molecule has 1 heterocycles. The van der Waals surface area contributed by atoms with E-state index in [1.165, 1.54) is 5.56 Å². The first-order valence-corrected chi connectivity index (χ1v) is 6.35. The average Bonchev–Trinajstić information content (AvgIpc) is 2.63. The predicted octanol–water partition coefficient (Wildman–Crippen LogP) is 3.00. The van der Waals surface area contributed by atoms with Crippen LogP contribution in [0.4, 0.5) is 4.39 Å². The number of rotatable bonds is 3. The third-order valence-corrected chi connectivity index (χ3v) is 3.88. The summed E-state index contributed by atoms with van der Waals surface area (Å²) in [7, 11) is 0. The van der Waals surface area contributed by atoms with Crippen molar-refractivity contribution in [3.8, 4) is 0 Å². The minimum absolute atomic E-state index is 0.450. The fourth-order valence-electron chi connectivity index (χ4n) is 2.00. The minimum atomic E-state index is -1.02. The van der Waals surface area contributed by atoms with Crippen LogP contribution >= 0.6 is 15.9 Å². The molecule has 1 aliphatic rings. The van der Waals surface area contributed by atoms with Gasteiger partial charge in [0, 0.05) is 25.0 Å². The lowest BCUT2D eigenvalue weighted by Gasteiger charge is -2.18. The Hall–Kier alpha value is -0.410. The van der Waals surface area contributed by atoms with Crippen molar-refractivity contribution in [2.45, 2.75) is 18.6 Å². The summed E-state index contributed by atoms with van der Waals surface area (Å²) in [5, 5.41) is 0.450. The van der Waals surface area contributed by atoms with Crippen molar-refractivity contribution in [1.29, 1.82) is 0 Å². The second kappa shape index (κ2) is 4.62. The number of halogens is 2. The molecule has 2 rings (SSSR count). The molecule has 1 aromatic carbocycles. The molecule has 1 aliphatic heterocycles. The van der Waals surface area contributed by atoms with Gasteiger partial charge in [0.25, 0.3) is 0 Å². The van der Waals surface area contributed by atoms with E-state index in [0.717, 1.165) is 13.1 Å². The molecule has 15 heavy (non-hydrogen) atoms. The number of nitrogens with zero attached hydrogens (tertiary/aromatic N) is 1. The van der Waals surface area contributed by atoms with E-state index >= 15 is 0 Å². The van der Waals surface area contributed by atoms with Gasteiger partial charge in [-0.2, -0.15) is 0 Å². The van der Waals surface area contributed by atoms with Crippen LogP contribution < -0.4 is 0 Å². The first-order valence-electron chi connectivity index (χ1n) is 5.23. The zero-order valence-corrected chi connectivity index (χ0v) is 10.2. The van der Waals surface area contributed by atoms with Crippen LogP contribution in [0.5, 0.6) is 0 Å². The lowest BCUT2D eigenvalue weighted by Crippen LogP contribution is -2.30. The summed E-state index contributed by atoms with van der Waals surface area (Å²) in [6, 6.07) is 10.2. The van der Waals surface area contributed by atoms with Crippen molar-refractivity contribution in [2.75, 3.05) is 18.4 Å². The number of hydrogen-bond acceptors (Lipinski definition) is 1. The molecule has 3 heteroatoms. The van der Waals surface area contributed by atoms with E-state index in [0.29, 0.717) is 18.3 Å². The van der Waals surface area contributed by atoms with Gasteiger partial charge in [-0.3, -0.25) is 4.90 Å². The normalized spacial score (nSPS) is 27.1. The Bertz CT molecular complexity index is 317. The highest BCUT2D eigenvalue weighted by Gasteiger charge is 2.36.